The maximum absolute atomic E-state index is 12.8. The van der Waals surface area contributed by atoms with Gasteiger partial charge in [-0.2, -0.15) is 0 Å². The van der Waals surface area contributed by atoms with Gasteiger partial charge in [-0.05, 0) is 31.4 Å². The fraction of sp³-hybridized carbons (Fsp3) is 0.450. The first-order chi connectivity index (χ1) is 13.1. The van der Waals surface area contributed by atoms with Crippen LogP contribution in [0.25, 0.3) is 11.2 Å². The number of nitrogens with zero attached hydrogens (tertiary/aromatic N) is 3. The van der Waals surface area contributed by atoms with Crippen molar-refractivity contribution in [2.75, 3.05) is 0 Å². The van der Waals surface area contributed by atoms with Crippen molar-refractivity contribution in [2.45, 2.75) is 59.2 Å². The van der Waals surface area contributed by atoms with E-state index < -0.39 is 0 Å². The van der Waals surface area contributed by atoms with Crippen LogP contribution in [0.1, 0.15) is 52.0 Å². The van der Waals surface area contributed by atoms with Gasteiger partial charge in [-0.3, -0.25) is 13.9 Å². The van der Waals surface area contributed by atoms with Crippen LogP contribution in [0.15, 0.2) is 39.9 Å². The molecule has 0 bridgehead atoms. The van der Waals surface area contributed by atoms with E-state index in [4.69, 9.17) is 4.74 Å². The SMILES string of the molecule is CCCn1c(=O)c2[nH]c(C(CC)Oc3ccccc3)nc2n(CCC)c1=O. The summed E-state index contributed by atoms with van der Waals surface area (Å²) in [6.07, 6.45) is 1.83. The zero-order valence-corrected chi connectivity index (χ0v) is 16.1. The van der Waals surface area contributed by atoms with Gasteiger partial charge in [-0.25, -0.2) is 9.78 Å². The van der Waals surface area contributed by atoms with Gasteiger partial charge in [0.1, 0.15) is 17.1 Å². The van der Waals surface area contributed by atoms with Gasteiger partial charge in [-0.1, -0.05) is 39.0 Å². The summed E-state index contributed by atoms with van der Waals surface area (Å²) in [6, 6.07) is 9.50. The maximum atomic E-state index is 12.8. The molecule has 0 aliphatic rings. The van der Waals surface area contributed by atoms with E-state index in [1.807, 2.05) is 51.1 Å². The normalized spacial score (nSPS) is 12.4. The number of imidazole rings is 1. The smallest absolute Gasteiger partial charge is 0.332 e. The second-order valence-electron chi connectivity index (χ2n) is 6.54. The Hall–Kier alpha value is -2.83. The van der Waals surface area contributed by atoms with Gasteiger partial charge in [-0.15, -0.1) is 0 Å². The van der Waals surface area contributed by atoms with Crippen molar-refractivity contribution in [2.24, 2.45) is 0 Å². The Morgan fingerprint density at radius 1 is 1.04 bits per heavy atom. The predicted octanol–water partition coefficient (Wildman–Crippen LogP) is 3.24. The summed E-state index contributed by atoms with van der Waals surface area (Å²) in [5, 5.41) is 0. The number of para-hydroxylation sites is 1. The fourth-order valence-corrected chi connectivity index (χ4v) is 3.18. The highest BCUT2D eigenvalue weighted by Crippen LogP contribution is 2.23. The maximum Gasteiger partial charge on any atom is 0.332 e. The molecule has 0 spiro atoms. The molecule has 3 aromatic rings. The van der Waals surface area contributed by atoms with Gasteiger partial charge in [0.25, 0.3) is 5.56 Å². The molecule has 1 N–H and O–H groups in total. The molecule has 1 aromatic carbocycles. The first-order valence-electron chi connectivity index (χ1n) is 9.55. The molecule has 1 unspecified atom stereocenters. The third-order valence-corrected chi connectivity index (χ3v) is 4.47. The molecule has 0 fully saturated rings. The number of fused-ring (bicyclic) bond motifs is 1. The highest BCUT2D eigenvalue weighted by molar-refractivity contribution is 5.70. The van der Waals surface area contributed by atoms with Crippen LogP contribution in [0.3, 0.4) is 0 Å². The number of hydrogen-bond acceptors (Lipinski definition) is 4. The molecule has 7 heteroatoms. The van der Waals surface area contributed by atoms with Crippen molar-refractivity contribution >= 4 is 11.2 Å². The van der Waals surface area contributed by atoms with Crippen molar-refractivity contribution in [3.8, 4) is 5.75 Å². The van der Waals surface area contributed by atoms with Crippen LogP contribution in [0.4, 0.5) is 0 Å². The van der Waals surface area contributed by atoms with E-state index in [-0.39, 0.29) is 17.4 Å². The van der Waals surface area contributed by atoms with Gasteiger partial charge in [0.05, 0.1) is 0 Å². The molecule has 0 aliphatic heterocycles. The van der Waals surface area contributed by atoms with Crippen LogP contribution in [-0.4, -0.2) is 19.1 Å². The van der Waals surface area contributed by atoms with Gasteiger partial charge < -0.3 is 9.72 Å². The Kier molecular flexibility index (Phi) is 5.78. The standard InChI is InChI=1S/C20H26N4O3/c1-4-12-23-18-16(19(25)24(13-5-2)20(23)26)21-17(22-18)15(6-3)27-14-10-8-7-9-11-14/h7-11,15H,4-6,12-13H2,1-3H3,(H,21,22). The molecule has 2 heterocycles. The van der Waals surface area contributed by atoms with Crippen molar-refractivity contribution in [1.82, 2.24) is 19.1 Å². The van der Waals surface area contributed by atoms with Gasteiger partial charge in [0.15, 0.2) is 11.8 Å². The van der Waals surface area contributed by atoms with Crippen molar-refractivity contribution in [3.63, 3.8) is 0 Å². The van der Waals surface area contributed by atoms with Crippen molar-refractivity contribution in [1.29, 1.82) is 0 Å². The van der Waals surface area contributed by atoms with Crippen LogP contribution < -0.4 is 16.0 Å². The summed E-state index contributed by atoms with van der Waals surface area (Å²) < 4.78 is 8.91. The lowest BCUT2D eigenvalue weighted by atomic mass is 10.2. The molecule has 2 aromatic heterocycles. The lowest BCUT2D eigenvalue weighted by Gasteiger charge is -2.15. The molecule has 7 nitrogen and oxygen atoms in total. The monoisotopic (exact) mass is 370 g/mol. The van der Waals surface area contributed by atoms with Gasteiger partial charge in [0, 0.05) is 13.1 Å². The average molecular weight is 370 g/mol. The molecule has 0 amide bonds. The molecule has 0 aliphatic carbocycles. The highest BCUT2D eigenvalue weighted by Gasteiger charge is 2.21. The van der Waals surface area contributed by atoms with Crippen LogP contribution in [0.2, 0.25) is 0 Å². The topological polar surface area (TPSA) is 81.9 Å². The molecular formula is C20H26N4O3. The van der Waals surface area contributed by atoms with Crippen LogP contribution >= 0.6 is 0 Å². The summed E-state index contributed by atoms with van der Waals surface area (Å²) in [4.78, 5) is 33.3. The number of H-pyrrole nitrogens is 1. The second kappa shape index (κ2) is 8.24. The first kappa shape index (κ1) is 18.9. The zero-order chi connectivity index (χ0) is 19.4. The molecule has 1 atom stereocenters. The number of aromatic amines is 1. The minimum absolute atomic E-state index is 0.300. The van der Waals surface area contributed by atoms with E-state index in [1.54, 1.807) is 4.57 Å². The Labute approximate surface area is 157 Å². The van der Waals surface area contributed by atoms with Crippen molar-refractivity contribution in [3.05, 3.63) is 57.0 Å². The number of benzene rings is 1. The van der Waals surface area contributed by atoms with E-state index in [1.165, 1.54) is 4.57 Å². The van der Waals surface area contributed by atoms with E-state index >= 15 is 0 Å². The lowest BCUT2D eigenvalue weighted by molar-refractivity contribution is 0.192. The third-order valence-electron chi connectivity index (χ3n) is 4.47. The number of rotatable bonds is 8. The zero-order valence-electron chi connectivity index (χ0n) is 16.1. The van der Waals surface area contributed by atoms with Crippen molar-refractivity contribution < 1.29 is 4.74 Å². The molecule has 0 saturated carbocycles. The summed E-state index contributed by atoms with van der Waals surface area (Å²) in [5.41, 5.74) is 0.148. The molecule has 27 heavy (non-hydrogen) atoms. The largest absolute Gasteiger partial charge is 0.483 e. The molecule has 0 saturated heterocycles. The summed E-state index contributed by atoms with van der Waals surface area (Å²) in [5.74, 6) is 1.30. The Bertz CT molecular complexity index is 1020. The highest BCUT2D eigenvalue weighted by atomic mass is 16.5. The number of ether oxygens (including phenoxy) is 1. The van der Waals surface area contributed by atoms with E-state index in [9.17, 15) is 9.59 Å². The number of nitrogens with one attached hydrogen (secondary N) is 1. The number of aryl methyl sites for hydroxylation is 1. The molecule has 0 radical (unpaired) electrons. The Morgan fingerprint density at radius 3 is 2.33 bits per heavy atom. The van der Waals surface area contributed by atoms with E-state index in [0.29, 0.717) is 42.9 Å². The third kappa shape index (κ3) is 3.67. The van der Waals surface area contributed by atoms with Crippen LogP contribution in [0, 0.1) is 0 Å². The fourth-order valence-electron chi connectivity index (χ4n) is 3.18. The van der Waals surface area contributed by atoms with E-state index in [0.717, 1.165) is 12.2 Å². The van der Waals surface area contributed by atoms with Gasteiger partial charge in [0.2, 0.25) is 0 Å². The van der Waals surface area contributed by atoms with Crippen LogP contribution in [-0.2, 0) is 13.1 Å². The number of aromatic nitrogens is 4. The molecule has 144 valence electrons. The summed E-state index contributed by atoms with van der Waals surface area (Å²) >= 11 is 0. The number of hydrogen-bond donors (Lipinski definition) is 1. The predicted molar refractivity (Wildman–Crippen MR) is 105 cm³/mol. The molecule has 3 rings (SSSR count). The van der Waals surface area contributed by atoms with Crippen LogP contribution in [0.5, 0.6) is 5.75 Å². The minimum Gasteiger partial charge on any atom is -0.483 e. The molecular weight excluding hydrogens is 344 g/mol. The Morgan fingerprint density at radius 2 is 1.70 bits per heavy atom. The van der Waals surface area contributed by atoms with Gasteiger partial charge >= 0.3 is 5.69 Å². The minimum atomic E-state index is -0.330. The first-order valence-corrected chi connectivity index (χ1v) is 9.55. The average Bonchev–Trinajstić information content (AvgIpc) is 3.12. The quantitative estimate of drug-likeness (QED) is 0.660. The van der Waals surface area contributed by atoms with E-state index in [2.05, 4.69) is 9.97 Å². The lowest BCUT2D eigenvalue weighted by Crippen LogP contribution is -2.40. The summed E-state index contributed by atoms with van der Waals surface area (Å²) in [7, 11) is 0. The Balaban J connectivity index is 2.12. The second-order valence-corrected chi connectivity index (χ2v) is 6.54. The summed E-state index contributed by atoms with van der Waals surface area (Å²) in [6.45, 7) is 6.84.